The van der Waals surface area contributed by atoms with Crippen LogP contribution in [0, 0.1) is 0 Å². The molecule has 0 spiro atoms. The summed E-state index contributed by atoms with van der Waals surface area (Å²) in [5.41, 5.74) is 6.21. The molecule has 4 nitrogen and oxygen atoms in total. The number of aromatic nitrogens is 1. The van der Waals surface area contributed by atoms with E-state index in [1.54, 1.807) is 0 Å². The molecule has 1 amide bonds. The number of thiazole rings is 1. The number of likely N-dealkylation sites (N-methyl/N-ethyl adjacent to an activating group) is 1. The third-order valence-corrected chi connectivity index (χ3v) is 3.23. The molecule has 6 heteroatoms. The third-order valence-electron chi connectivity index (χ3n) is 2.13. The van der Waals surface area contributed by atoms with Gasteiger partial charge in [-0.05, 0) is 7.05 Å². The number of amides is 1. The van der Waals surface area contributed by atoms with E-state index in [1.807, 2.05) is 0 Å². The van der Waals surface area contributed by atoms with Gasteiger partial charge in [-0.25, -0.2) is 4.98 Å². The highest BCUT2D eigenvalue weighted by Crippen LogP contribution is 2.23. The second kappa shape index (κ2) is 4.25. The minimum Gasteiger partial charge on any atom is -0.364 e. The number of nitrogens with two attached hydrogens (primary N) is 1. The number of hydrogen-bond donors (Lipinski definition) is 1. The molecule has 2 rings (SSSR count). The van der Waals surface area contributed by atoms with Crippen LogP contribution in [0.15, 0.2) is 0 Å². The van der Waals surface area contributed by atoms with Gasteiger partial charge in [0.15, 0.2) is 5.01 Å². The lowest BCUT2D eigenvalue weighted by atomic mass is 10.2. The van der Waals surface area contributed by atoms with Gasteiger partial charge < -0.3 is 10.6 Å². The second-order valence-corrected chi connectivity index (χ2v) is 4.32. The highest BCUT2D eigenvalue weighted by molar-refractivity contribution is 7.13. The number of hydrogen-bond acceptors (Lipinski definition) is 4. The Kier molecular flexibility index (Phi) is 3.47. The monoisotopic (exact) mass is 233 g/mol. The van der Waals surface area contributed by atoms with Crippen LogP contribution >= 0.6 is 23.7 Å². The van der Waals surface area contributed by atoms with Gasteiger partial charge in [0.05, 0.1) is 5.69 Å². The molecular formula is C8H12ClN3OS. The Morgan fingerprint density at radius 1 is 1.64 bits per heavy atom. The van der Waals surface area contributed by atoms with Gasteiger partial charge in [0.25, 0.3) is 5.91 Å². The van der Waals surface area contributed by atoms with Gasteiger partial charge in [-0.15, -0.1) is 23.7 Å². The molecule has 0 aromatic carbocycles. The lowest BCUT2D eigenvalue weighted by Gasteiger charge is -2.20. The van der Waals surface area contributed by atoms with Crippen LogP contribution in [0.4, 0.5) is 0 Å². The molecule has 0 radical (unpaired) electrons. The van der Waals surface area contributed by atoms with Crippen molar-refractivity contribution >= 4 is 29.7 Å². The largest absolute Gasteiger partial charge is 0.364 e. The van der Waals surface area contributed by atoms with Crippen molar-refractivity contribution in [3.63, 3.8) is 0 Å². The van der Waals surface area contributed by atoms with Crippen LogP contribution in [0.25, 0.3) is 0 Å². The van der Waals surface area contributed by atoms with E-state index in [4.69, 9.17) is 5.73 Å². The fourth-order valence-corrected chi connectivity index (χ4v) is 2.47. The number of nitrogens with zero attached hydrogens (tertiary/aromatic N) is 2. The Bertz CT molecular complexity index is 352. The van der Waals surface area contributed by atoms with E-state index in [-0.39, 0.29) is 12.4 Å². The smallest absolute Gasteiger partial charge is 0.277 e. The number of halogens is 1. The molecule has 0 atom stereocenters. The number of fused-ring (bicyclic) bond motifs is 1. The summed E-state index contributed by atoms with van der Waals surface area (Å²) in [4.78, 5) is 18.5. The number of carbonyl (C=O) groups is 1. The van der Waals surface area contributed by atoms with Crippen molar-refractivity contribution in [2.45, 2.75) is 13.0 Å². The summed E-state index contributed by atoms with van der Waals surface area (Å²) in [6.07, 6.45) is 0.926. The summed E-state index contributed by atoms with van der Waals surface area (Å²) in [5, 5.41) is 0.445. The van der Waals surface area contributed by atoms with Crippen LogP contribution in [0.1, 0.15) is 20.4 Å². The minimum atomic E-state index is -0.415. The summed E-state index contributed by atoms with van der Waals surface area (Å²) < 4.78 is 0. The first kappa shape index (κ1) is 11.4. The Hall–Kier alpha value is -0.650. The zero-order chi connectivity index (χ0) is 9.42. The lowest BCUT2D eigenvalue weighted by Crippen LogP contribution is -2.25. The summed E-state index contributed by atoms with van der Waals surface area (Å²) in [6, 6.07) is 0. The Morgan fingerprint density at radius 2 is 2.36 bits per heavy atom. The summed E-state index contributed by atoms with van der Waals surface area (Å²) in [6.45, 7) is 1.90. The predicted octanol–water partition coefficient (Wildman–Crippen LogP) is 0.652. The molecule has 0 saturated carbocycles. The van der Waals surface area contributed by atoms with Crippen LogP contribution < -0.4 is 5.73 Å². The van der Waals surface area contributed by atoms with Crippen LogP contribution in [-0.2, 0) is 13.0 Å². The van der Waals surface area contributed by atoms with E-state index in [0.717, 1.165) is 25.2 Å². The summed E-state index contributed by atoms with van der Waals surface area (Å²) >= 11 is 1.42. The maximum absolute atomic E-state index is 10.9. The van der Waals surface area contributed by atoms with Crippen molar-refractivity contribution < 1.29 is 4.79 Å². The molecule has 1 aromatic heterocycles. The van der Waals surface area contributed by atoms with Gasteiger partial charge in [0.1, 0.15) is 0 Å². The second-order valence-electron chi connectivity index (χ2n) is 3.24. The predicted molar refractivity (Wildman–Crippen MR) is 57.9 cm³/mol. The lowest BCUT2D eigenvalue weighted by molar-refractivity contribution is 0.0999. The summed E-state index contributed by atoms with van der Waals surface area (Å²) in [7, 11) is 2.06. The molecule has 2 N–H and O–H groups in total. The maximum atomic E-state index is 10.9. The topological polar surface area (TPSA) is 59.2 Å². The molecule has 14 heavy (non-hydrogen) atoms. The van der Waals surface area contributed by atoms with Gasteiger partial charge in [-0.2, -0.15) is 0 Å². The van der Waals surface area contributed by atoms with E-state index in [0.29, 0.717) is 5.01 Å². The van der Waals surface area contributed by atoms with Gasteiger partial charge in [0.2, 0.25) is 0 Å². The van der Waals surface area contributed by atoms with Crippen molar-refractivity contribution in [1.29, 1.82) is 0 Å². The average molecular weight is 234 g/mol. The number of carbonyl (C=O) groups excluding carboxylic acids is 1. The zero-order valence-electron chi connectivity index (χ0n) is 7.82. The molecular weight excluding hydrogens is 222 g/mol. The number of rotatable bonds is 1. The van der Waals surface area contributed by atoms with Crippen molar-refractivity contribution in [2.75, 3.05) is 13.6 Å². The SMILES string of the molecule is CN1CCc2nc(C(N)=O)sc2C1.Cl. The number of primary amides is 1. The normalized spacial score (nSPS) is 15.8. The standard InChI is InChI=1S/C8H11N3OS.ClH/c1-11-3-2-5-6(4-11)13-8(10-5)7(9)12;/h2-4H2,1H3,(H2,9,12);1H. The molecule has 0 bridgehead atoms. The van der Waals surface area contributed by atoms with E-state index in [1.165, 1.54) is 16.2 Å². The van der Waals surface area contributed by atoms with Gasteiger partial charge >= 0.3 is 0 Å². The highest BCUT2D eigenvalue weighted by atomic mass is 35.5. The van der Waals surface area contributed by atoms with Crippen molar-refractivity contribution in [3.8, 4) is 0 Å². The first-order valence-electron chi connectivity index (χ1n) is 4.14. The van der Waals surface area contributed by atoms with Crippen LogP contribution in [0.2, 0.25) is 0 Å². The molecule has 1 aliphatic heterocycles. The van der Waals surface area contributed by atoms with Crippen molar-refractivity contribution in [2.24, 2.45) is 5.73 Å². The summed E-state index contributed by atoms with van der Waals surface area (Å²) in [5.74, 6) is -0.415. The van der Waals surface area contributed by atoms with E-state index >= 15 is 0 Å². The molecule has 0 fully saturated rings. The van der Waals surface area contributed by atoms with E-state index in [9.17, 15) is 4.79 Å². The fourth-order valence-electron chi connectivity index (χ4n) is 1.43. The quantitative estimate of drug-likeness (QED) is 0.775. The van der Waals surface area contributed by atoms with Crippen LogP contribution in [0.5, 0.6) is 0 Å². The molecule has 0 unspecified atom stereocenters. The van der Waals surface area contributed by atoms with Gasteiger partial charge in [0, 0.05) is 24.4 Å². The van der Waals surface area contributed by atoms with Crippen LogP contribution in [0.3, 0.4) is 0 Å². The molecule has 78 valence electrons. The average Bonchev–Trinajstić information content (AvgIpc) is 2.46. The van der Waals surface area contributed by atoms with Gasteiger partial charge in [-0.3, -0.25) is 4.79 Å². The van der Waals surface area contributed by atoms with E-state index in [2.05, 4.69) is 16.9 Å². The maximum Gasteiger partial charge on any atom is 0.277 e. The van der Waals surface area contributed by atoms with Gasteiger partial charge in [-0.1, -0.05) is 0 Å². The molecule has 0 aliphatic carbocycles. The fraction of sp³-hybridized carbons (Fsp3) is 0.500. The zero-order valence-corrected chi connectivity index (χ0v) is 9.45. The molecule has 2 heterocycles. The third kappa shape index (κ3) is 2.05. The Balaban J connectivity index is 0.000000980. The first-order valence-corrected chi connectivity index (χ1v) is 4.95. The Morgan fingerprint density at radius 3 is 3.00 bits per heavy atom. The van der Waals surface area contributed by atoms with Crippen molar-refractivity contribution in [1.82, 2.24) is 9.88 Å². The highest BCUT2D eigenvalue weighted by Gasteiger charge is 2.19. The molecule has 0 saturated heterocycles. The van der Waals surface area contributed by atoms with Crippen LogP contribution in [-0.4, -0.2) is 29.4 Å². The molecule has 1 aromatic rings. The van der Waals surface area contributed by atoms with E-state index < -0.39 is 5.91 Å². The minimum absolute atomic E-state index is 0. The molecule has 1 aliphatic rings. The first-order chi connectivity index (χ1) is 6.16. The van der Waals surface area contributed by atoms with Crippen molar-refractivity contribution in [3.05, 3.63) is 15.6 Å². The Labute approximate surface area is 92.5 Å².